The van der Waals surface area contributed by atoms with Gasteiger partial charge in [-0.3, -0.25) is 9.36 Å². The molecule has 1 aliphatic heterocycles. The predicted molar refractivity (Wildman–Crippen MR) is 91.9 cm³/mol. The Morgan fingerprint density at radius 1 is 1.04 bits per heavy atom. The molecule has 0 bridgehead atoms. The van der Waals surface area contributed by atoms with E-state index in [1.165, 1.54) is 38.9 Å². The van der Waals surface area contributed by atoms with Crippen molar-refractivity contribution in [2.24, 2.45) is 5.92 Å². The number of rotatable bonds is 6. The second-order valence-electron chi connectivity index (χ2n) is 6.44. The van der Waals surface area contributed by atoms with Crippen molar-refractivity contribution in [3.63, 3.8) is 0 Å². The van der Waals surface area contributed by atoms with Crippen LogP contribution in [0, 0.1) is 5.92 Å². The molecule has 3 heterocycles. The van der Waals surface area contributed by atoms with E-state index in [2.05, 4.69) is 26.0 Å². The number of aliphatic carboxylic acids is 1. The minimum Gasteiger partial charge on any atom is -0.475 e. The highest BCUT2D eigenvalue weighted by molar-refractivity contribution is 5.73. The Morgan fingerprint density at radius 3 is 2.07 bits per heavy atom. The molecule has 1 saturated heterocycles. The fourth-order valence-corrected chi connectivity index (χ4v) is 2.95. The van der Waals surface area contributed by atoms with Crippen molar-refractivity contribution in [3.05, 3.63) is 36.9 Å². The van der Waals surface area contributed by atoms with Crippen molar-refractivity contribution in [2.75, 3.05) is 19.6 Å². The lowest BCUT2D eigenvalue weighted by molar-refractivity contribution is -0.192. The highest BCUT2D eigenvalue weighted by atomic mass is 19.4. The molecule has 1 N–H and O–H groups in total. The summed E-state index contributed by atoms with van der Waals surface area (Å²) < 4.78 is 35.8. The van der Waals surface area contributed by atoms with E-state index in [0.717, 1.165) is 19.0 Å². The summed E-state index contributed by atoms with van der Waals surface area (Å²) in [6.07, 6.45) is 6.51. The highest BCUT2D eigenvalue weighted by Crippen LogP contribution is 2.19. The molecule has 0 aromatic carbocycles. The number of halogens is 3. The van der Waals surface area contributed by atoms with E-state index in [1.54, 1.807) is 0 Å². The Kier molecular flexibility index (Phi) is 7.83. The second kappa shape index (κ2) is 10.1. The van der Waals surface area contributed by atoms with Gasteiger partial charge < -0.3 is 10.0 Å². The molecule has 0 saturated carbocycles. The van der Waals surface area contributed by atoms with Crippen LogP contribution < -0.4 is 0 Å². The molecule has 0 atom stereocenters. The van der Waals surface area contributed by atoms with Gasteiger partial charge in [-0.25, -0.2) is 4.79 Å². The summed E-state index contributed by atoms with van der Waals surface area (Å²) in [5, 5.41) is 15.7. The highest BCUT2D eigenvalue weighted by Gasteiger charge is 2.38. The summed E-state index contributed by atoms with van der Waals surface area (Å²) in [5.41, 5.74) is 0. The van der Waals surface area contributed by atoms with Gasteiger partial charge >= 0.3 is 12.1 Å². The number of nitrogens with zero attached hydrogens (tertiary/aromatic N) is 5. The number of carboxylic acids is 1. The number of likely N-dealkylation sites (tertiary alicyclic amines) is 1. The molecule has 3 rings (SSSR count). The SMILES string of the molecule is O=C(O)C(F)(F)F.c1cnn(CCCN2CCC(Cn3cccn3)CC2)c1. The van der Waals surface area contributed by atoms with Gasteiger partial charge in [-0.1, -0.05) is 0 Å². The van der Waals surface area contributed by atoms with Gasteiger partial charge in [0.15, 0.2) is 0 Å². The van der Waals surface area contributed by atoms with Gasteiger partial charge in [0.25, 0.3) is 0 Å². The summed E-state index contributed by atoms with van der Waals surface area (Å²) in [7, 11) is 0. The van der Waals surface area contributed by atoms with Gasteiger partial charge in [-0.2, -0.15) is 23.4 Å². The first-order valence-electron chi connectivity index (χ1n) is 8.82. The van der Waals surface area contributed by atoms with Crippen molar-refractivity contribution < 1.29 is 23.1 Å². The fraction of sp³-hybridized carbons (Fsp3) is 0.588. The van der Waals surface area contributed by atoms with E-state index in [9.17, 15) is 13.2 Å². The number of carbonyl (C=O) groups is 1. The van der Waals surface area contributed by atoms with E-state index in [0.29, 0.717) is 0 Å². The maximum atomic E-state index is 10.6. The first-order valence-corrected chi connectivity index (χ1v) is 8.82. The minimum atomic E-state index is -5.08. The van der Waals surface area contributed by atoms with Crippen LogP contribution in [0.3, 0.4) is 0 Å². The third-order valence-corrected chi connectivity index (χ3v) is 4.37. The van der Waals surface area contributed by atoms with Crippen molar-refractivity contribution in [1.29, 1.82) is 0 Å². The molecule has 150 valence electrons. The Bertz CT molecular complexity index is 651. The topological polar surface area (TPSA) is 76.2 Å². The number of carboxylic acid groups (broad SMARTS) is 1. The van der Waals surface area contributed by atoms with E-state index < -0.39 is 12.1 Å². The summed E-state index contributed by atoms with van der Waals surface area (Å²) in [4.78, 5) is 11.5. The zero-order valence-corrected chi connectivity index (χ0v) is 14.9. The summed E-state index contributed by atoms with van der Waals surface area (Å²) in [5.74, 6) is -1.97. The third kappa shape index (κ3) is 7.81. The number of hydrogen-bond acceptors (Lipinski definition) is 4. The van der Waals surface area contributed by atoms with Crippen LogP contribution in [0.1, 0.15) is 19.3 Å². The van der Waals surface area contributed by atoms with Crippen LogP contribution in [0.4, 0.5) is 13.2 Å². The second-order valence-corrected chi connectivity index (χ2v) is 6.44. The van der Waals surface area contributed by atoms with Crippen LogP contribution in [-0.4, -0.2) is 61.3 Å². The van der Waals surface area contributed by atoms with Crippen LogP contribution in [0.25, 0.3) is 0 Å². The molecule has 2 aromatic rings. The summed E-state index contributed by atoms with van der Waals surface area (Å²) >= 11 is 0. The molecule has 27 heavy (non-hydrogen) atoms. The molecular formula is C17H24F3N5O2. The van der Waals surface area contributed by atoms with Gasteiger partial charge in [0, 0.05) is 37.9 Å². The van der Waals surface area contributed by atoms with E-state index in [-0.39, 0.29) is 0 Å². The average molecular weight is 387 g/mol. The van der Waals surface area contributed by atoms with Crippen LogP contribution in [0.2, 0.25) is 0 Å². The standard InChI is InChI=1S/C15H23N5.C2HF3O2/c1-6-16-19(9-1)11-3-8-18-12-4-15(5-13-18)14-20-10-2-7-17-20;3-2(4,5)1(6)7/h1-2,6-7,9-10,15H,3-5,8,11-14H2;(H,6,7). The van der Waals surface area contributed by atoms with Crippen LogP contribution in [0.15, 0.2) is 36.9 Å². The zero-order chi connectivity index (χ0) is 19.7. The van der Waals surface area contributed by atoms with E-state index >= 15 is 0 Å². The number of aromatic nitrogens is 4. The maximum Gasteiger partial charge on any atom is 0.490 e. The van der Waals surface area contributed by atoms with Crippen molar-refractivity contribution in [3.8, 4) is 0 Å². The van der Waals surface area contributed by atoms with Crippen molar-refractivity contribution in [2.45, 2.75) is 38.5 Å². The normalized spacial score (nSPS) is 16.0. The van der Waals surface area contributed by atoms with Gasteiger partial charge in [-0.15, -0.1) is 0 Å². The van der Waals surface area contributed by atoms with Gasteiger partial charge in [-0.05, 0) is 56.9 Å². The predicted octanol–water partition coefficient (Wildman–Crippen LogP) is 2.52. The third-order valence-electron chi connectivity index (χ3n) is 4.37. The number of piperidine rings is 1. The lowest BCUT2D eigenvalue weighted by Crippen LogP contribution is -2.36. The lowest BCUT2D eigenvalue weighted by Gasteiger charge is -2.31. The smallest absolute Gasteiger partial charge is 0.475 e. The van der Waals surface area contributed by atoms with Gasteiger partial charge in [0.05, 0.1) is 0 Å². The molecule has 1 fully saturated rings. The largest absolute Gasteiger partial charge is 0.490 e. The Labute approximate surface area is 155 Å². The number of alkyl halides is 3. The van der Waals surface area contributed by atoms with Crippen molar-refractivity contribution >= 4 is 5.97 Å². The maximum absolute atomic E-state index is 10.6. The molecule has 0 spiro atoms. The quantitative estimate of drug-likeness (QED) is 0.824. The molecule has 2 aromatic heterocycles. The van der Waals surface area contributed by atoms with Crippen LogP contribution >= 0.6 is 0 Å². The Morgan fingerprint density at radius 2 is 1.59 bits per heavy atom. The molecule has 0 unspecified atom stereocenters. The van der Waals surface area contributed by atoms with Crippen LogP contribution in [-0.2, 0) is 17.9 Å². The lowest BCUT2D eigenvalue weighted by atomic mass is 9.97. The van der Waals surface area contributed by atoms with Crippen molar-refractivity contribution in [1.82, 2.24) is 24.5 Å². The zero-order valence-electron chi connectivity index (χ0n) is 14.9. The first kappa shape index (κ1) is 20.9. The minimum absolute atomic E-state index is 0.789. The molecule has 0 amide bonds. The number of hydrogen-bond donors (Lipinski definition) is 1. The molecule has 0 radical (unpaired) electrons. The Balaban J connectivity index is 0.000000321. The molecule has 1 aliphatic rings. The molecule has 7 nitrogen and oxygen atoms in total. The first-order chi connectivity index (χ1) is 12.8. The Hall–Kier alpha value is -2.36. The summed E-state index contributed by atoms with van der Waals surface area (Å²) in [6.45, 7) is 5.75. The molecule has 0 aliphatic carbocycles. The van der Waals surface area contributed by atoms with E-state index in [4.69, 9.17) is 9.90 Å². The molecule has 10 heteroatoms. The molecular weight excluding hydrogens is 363 g/mol. The van der Waals surface area contributed by atoms with Gasteiger partial charge in [0.1, 0.15) is 0 Å². The number of aryl methyl sites for hydroxylation is 1. The average Bonchev–Trinajstić information content (AvgIpc) is 3.30. The monoisotopic (exact) mass is 387 g/mol. The van der Waals surface area contributed by atoms with Gasteiger partial charge in [0.2, 0.25) is 0 Å². The fourth-order valence-electron chi connectivity index (χ4n) is 2.95. The summed E-state index contributed by atoms with van der Waals surface area (Å²) in [6, 6.07) is 3.99. The van der Waals surface area contributed by atoms with E-state index in [1.807, 2.05) is 35.4 Å². The van der Waals surface area contributed by atoms with Crippen LogP contribution in [0.5, 0.6) is 0 Å².